The van der Waals surface area contributed by atoms with Gasteiger partial charge in [0.05, 0.1) is 0 Å². The molecule has 1 aromatic heterocycles. The monoisotopic (exact) mass is 376 g/mol. The number of aryl methyl sites for hydroxylation is 2. The lowest BCUT2D eigenvalue weighted by Gasteiger charge is -2.09. The fraction of sp³-hybridized carbons (Fsp3) is 0.353. The van der Waals surface area contributed by atoms with Crippen molar-refractivity contribution < 1.29 is 4.79 Å². The molecule has 23 heavy (non-hydrogen) atoms. The van der Waals surface area contributed by atoms with E-state index in [4.69, 9.17) is 0 Å². The van der Waals surface area contributed by atoms with Crippen LogP contribution in [0.4, 0.5) is 11.6 Å². The quantitative estimate of drug-likeness (QED) is 0.743. The molecular formula is C17H21BrN4O. The Balaban J connectivity index is 2.16. The summed E-state index contributed by atoms with van der Waals surface area (Å²) in [5.41, 5.74) is 3.14. The molecule has 1 amide bonds. The average Bonchev–Trinajstić information content (AvgIpc) is 2.50. The van der Waals surface area contributed by atoms with Gasteiger partial charge in [-0.1, -0.05) is 35.3 Å². The third-order valence-corrected chi connectivity index (χ3v) is 4.19. The topological polar surface area (TPSA) is 66.9 Å². The summed E-state index contributed by atoms with van der Waals surface area (Å²) < 4.78 is 1.01. The number of aromatic nitrogens is 2. The normalized spacial score (nSPS) is 10.4. The highest BCUT2D eigenvalue weighted by Gasteiger charge is 2.10. The van der Waals surface area contributed by atoms with Crippen molar-refractivity contribution in [2.45, 2.75) is 33.6 Å². The molecule has 2 rings (SSSR count). The van der Waals surface area contributed by atoms with E-state index in [1.165, 1.54) is 0 Å². The van der Waals surface area contributed by atoms with Crippen LogP contribution in [0.3, 0.4) is 0 Å². The zero-order valence-electron chi connectivity index (χ0n) is 13.6. The van der Waals surface area contributed by atoms with Crippen LogP contribution in [0, 0.1) is 13.8 Å². The van der Waals surface area contributed by atoms with Crippen molar-refractivity contribution in [3.8, 4) is 0 Å². The number of rotatable bonds is 6. The van der Waals surface area contributed by atoms with E-state index in [1.54, 1.807) is 6.07 Å². The lowest BCUT2D eigenvalue weighted by atomic mass is 10.2. The van der Waals surface area contributed by atoms with E-state index in [0.717, 1.165) is 34.3 Å². The van der Waals surface area contributed by atoms with Crippen LogP contribution in [0.1, 0.15) is 41.5 Å². The number of hydrogen-bond donors (Lipinski definition) is 2. The zero-order valence-corrected chi connectivity index (χ0v) is 15.2. The first-order chi connectivity index (χ1) is 11.0. The molecule has 2 aromatic rings. The van der Waals surface area contributed by atoms with Gasteiger partial charge in [-0.15, -0.1) is 0 Å². The number of benzene rings is 1. The Morgan fingerprint density at radius 2 is 2.00 bits per heavy atom. The van der Waals surface area contributed by atoms with Crippen molar-refractivity contribution in [3.05, 3.63) is 45.7 Å². The molecule has 0 radical (unpaired) electrons. The Morgan fingerprint density at radius 1 is 1.22 bits per heavy atom. The number of amides is 1. The van der Waals surface area contributed by atoms with Crippen molar-refractivity contribution in [1.29, 1.82) is 0 Å². The molecular weight excluding hydrogens is 356 g/mol. The Morgan fingerprint density at radius 3 is 2.70 bits per heavy atom. The summed E-state index contributed by atoms with van der Waals surface area (Å²) in [6, 6.07) is 7.60. The summed E-state index contributed by atoms with van der Waals surface area (Å²) in [4.78, 5) is 20.8. The molecule has 0 unspecified atom stereocenters. The van der Waals surface area contributed by atoms with Crippen molar-refractivity contribution in [3.63, 3.8) is 0 Å². The third kappa shape index (κ3) is 5.03. The van der Waals surface area contributed by atoms with Crippen molar-refractivity contribution >= 4 is 33.5 Å². The van der Waals surface area contributed by atoms with Gasteiger partial charge in [-0.05, 0) is 44.0 Å². The van der Waals surface area contributed by atoms with E-state index >= 15 is 0 Å². The third-order valence-electron chi connectivity index (χ3n) is 3.33. The highest BCUT2D eigenvalue weighted by Crippen LogP contribution is 2.22. The number of carbonyl (C=O) groups is 1. The average molecular weight is 377 g/mol. The van der Waals surface area contributed by atoms with E-state index < -0.39 is 0 Å². The van der Waals surface area contributed by atoms with Crippen LogP contribution in [-0.2, 0) is 0 Å². The SMILES string of the molecule is CCCCNC(=O)c1cc(C)nc(Nc2ccc(C)c(Br)c2)n1. The van der Waals surface area contributed by atoms with Gasteiger partial charge >= 0.3 is 0 Å². The maximum absolute atomic E-state index is 12.1. The largest absolute Gasteiger partial charge is 0.351 e. The second-order valence-electron chi connectivity index (χ2n) is 5.42. The highest BCUT2D eigenvalue weighted by atomic mass is 79.9. The maximum atomic E-state index is 12.1. The number of unbranched alkanes of at least 4 members (excludes halogenated alkanes) is 1. The van der Waals surface area contributed by atoms with Crippen LogP contribution in [0.5, 0.6) is 0 Å². The minimum absolute atomic E-state index is 0.169. The predicted molar refractivity (Wildman–Crippen MR) is 96.2 cm³/mol. The van der Waals surface area contributed by atoms with Crippen LogP contribution < -0.4 is 10.6 Å². The van der Waals surface area contributed by atoms with Crippen molar-refractivity contribution in [2.75, 3.05) is 11.9 Å². The van der Waals surface area contributed by atoms with Gasteiger partial charge in [0.2, 0.25) is 5.95 Å². The summed E-state index contributed by atoms with van der Waals surface area (Å²) in [6.07, 6.45) is 2.00. The van der Waals surface area contributed by atoms with Gasteiger partial charge in [0.25, 0.3) is 5.91 Å². The summed E-state index contributed by atoms with van der Waals surface area (Å²) >= 11 is 3.50. The fourth-order valence-corrected chi connectivity index (χ4v) is 2.39. The molecule has 0 spiro atoms. The molecule has 0 fully saturated rings. The van der Waals surface area contributed by atoms with Gasteiger partial charge in [0.15, 0.2) is 0 Å². The minimum atomic E-state index is -0.169. The fourth-order valence-electron chi connectivity index (χ4n) is 2.01. The number of anilines is 2. The Hall–Kier alpha value is -1.95. The molecule has 6 heteroatoms. The van der Waals surface area contributed by atoms with Crippen molar-refractivity contribution in [2.24, 2.45) is 0 Å². The van der Waals surface area contributed by atoms with E-state index in [9.17, 15) is 4.79 Å². The zero-order chi connectivity index (χ0) is 16.8. The highest BCUT2D eigenvalue weighted by molar-refractivity contribution is 9.10. The van der Waals surface area contributed by atoms with Gasteiger partial charge in [-0.25, -0.2) is 9.97 Å². The first-order valence-corrected chi connectivity index (χ1v) is 8.46. The standard InChI is InChI=1S/C17H21BrN4O/c1-4-5-8-19-16(23)15-9-12(3)20-17(22-15)21-13-7-6-11(2)14(18)10-13/h6-7,9-10H,4-5,8H2,1-3H3,(H,19,23)(H,20,21,22). The molecule has 5 nitrogen and oxygen atoms in total. The van der Waals surface area contributed by atoms with Crippen LogP contribution in [-0.4, -0.2) is 22.4 Å². The predicted octanol–water partition coefficient (Wildman–Crippen LogP) is 4.13. The van der Waals surface area contributed by atoms with Gasteiger partial charge in [0, 0.05) is 22.4 Å². The van der Waals surface area contributed by atoms with E-state index in [1.807, 2.05) is 32.0 Å². The van der Waals surface area contributed by atoms with Crippen LogP contribution in [0.25, 0.3) is 0 Å². The Labute approximate surface area is 145 Å². The van der Waals surface area contributed by atoms with Gasteiger partial charge in [-0.2, -0.15) is 0 Å². The summed E-state index contributed by atoms with van der Waals surface area (Å²) in [5, 5.41) is 6.01. The van der Waals surface area contributed by atoms with Gasteiger partial charge in [0.1, 0.15) is 5.69 Å². The summed E-state index contributed by atoms with van der Waals surface area (Å²) in [5.74, 6) is 0.249. The maximum Gasteiger partial charge on any atom is 0.270 e. The first kappa shape index (κ1) is 17.4. The molecule has 0 atom stereocenters. The molecule has 0 saturated carbocycles. The number of carbonyl (C=O) groups excluding carboxylic acids is 1. The number of nitrogens with one attached hydrogen (secondary N) is 2. The molecule has 0 saturated heterocycles. The first-order valence-electron chi connectivity index (χ1n) is 7.66. The molecule has 2 N–H and O–H groups in total. The molecule has 1 heterocycles. The molecule has 122 valence electrons. The number of halogens is 1. The molecule has 0 aliphatic heterocycles. The van der Waals surface area contributed by atoms with Crippen molar-refractivity contribution in [1.82, 2.24) is 15.3 Å². The van der Waals surface area contributed by atoms with Gasteiger partial charge in [-0.3, -0.25) is 4.79 Å². The van der Waals surface area contributed by atoms with Crippen LogP contribution >= 0.6 is 15.9 Å². The molecule has 0 bridgehead atoms. The number of hydrogen-bond acceptors (Lipinski definition) is 4. The minimum Gasteiger partial charge on any atom is -0.351 e. The summed E-state index contributed by atoms with van der Waals surface area (Å²) in [7, 11) is 0. The lowest BCUT2D eigenvalue weighted by molar-refractivity contribution is 0.0948. The van der Waals surface area contributed by atoms with Crippen LogP contribution in [0.15, 0.2) is 28.7 Å². The Bertz CT molecular complexity index is 703. The summed E-state index contributed by atoms with van der Waals surface area (Å²) in [6.45, 7) is 6.62. The molecule has 0 aliphatic carbocycles. The number of nitrogens with zero attached hydrogens (tertiary/aromatic N) is 2. The smallest absolute Gasteiger partial charge is 0.270 e. The van der Waals surface area contributed by atoms with E-state index in [-0.39, 0.29) is 5.91 Å². The second-order valence-corrected chi connectivity index (χ2v) is 6.27. The van der Waals surface area contributed by atoms with E-state index in [0.29, 0.717) is 18.2 Å². The van der Waals surface area contributed by atoms with E-state index in [2.05, 4.69) is 43.5 Å². The Kier molecular flexibility index (Phi) is 6.10. The lowest BCUT2D eigenvalue weighted by Crippen LogP contribution is -2.25. The molecule has 1 aromatic carbocycles. The van der Waals surface area contributed by atoms with Gasteiger partial charge < -0.3 is 10.6 Å². The van der Waals surface area contributed by atoms with Crippen LogP contribution in [0.2, 0.25) is 0 Å². The second kappa shape index (κ2) is 8.06. The molecule has 0 aliphatic rings.